The van der Waals surface area contributed by atoms with Crippen molar-refractivity contribution < 1.29 is 14.9 Å². The van der Waals surface area contributed by atoms with Crippen molar-refractivity contribution in [3.8, 4) is 48.8 Å². The molecule has 2 N–H and O–H groups in total. The van der Waals surface area contributed by atoms with E-state index in [1.807, 2.05) is 45.3 Å². The van der Waals surface area contributed by atoms with Gasteiger partial charge >= 0.3 is 0 Å². The molecule has 0 aliphatic carbocycles. The first-order chi connectivity index (χ1) is 18.6. The van der Waals surface area contributed by atoms with Crippen LogP contribution >= 0.6 is 68.0 Å². The highest BCUT2D eigenvalue weighted by Gasteiger charge is 2.35. The molecule has 192 valence electrons. The van der Waals surface area contributed by atoms with E-state index in [0.29, 0.717) is 6.42 Å². The first-order valence-corrected chi connectivity index (χ1v) is 17.1. The zero-order valence-electron chi connectivity index (χ0n) is 19.9. The molecule has 1 aliphatic rings. The van der Waals surface area contributed by atoms with E-state index in [4.69, 9.17) is 4.74 Å². The van der Waals surface area contributed by atoms with Crippen LogP contribution in [-0.4, -0.2) is 29.0 Å². The van der Waals surface area contributed by atoms with Crippen LogP contribution in [0.2, 0.25) is 0 Å². The Morgan fingerprint density at radius 3 is 1.47 bits per heavy atom. The molecule has 0 bridgehead atoms. The molecule has 7 rings (SSSR count). The molecular formula is C29H22O3S6. The number of rotatable bonds is 7. The second-order valence-electron chi connectivity index (χ2n) is 8.98. The summed E-state index contributed by atoms with van der Waals surface area (Å²) < 4.78 is 5.84. The molecule has 9 heteroatoms. The summed E-state index contributed by atoms with van der Waals surface area (Å²) in [5.74, 6) is 0. The van der Waals surface area contributed by atoms with E-state index in [-0.39, 0.29) is 12.7 Å². The average Bonchev–Trinajstić information content (AvgIpc) is 3.75. The lowest BCUT2D eigenvalue weighted by Gasteiger charge is -2.10. The summed E-state index contributed by atoms with van der Waals surface area (Å²) in [5, 5.41) is 21.6. The van der Waals surface area contributed by atoms with E-state index in [2.05, 4.69) is 78.2 Å². The van der Waals surface area contributed by atoms with Gasteiger partial charge in [0.15, 0.2) is 0 Å². The lowest BCUT2D eigenvalue weighted by molar-refractivity contribution is -0.0216. The van der Waals surface area contributed by atoms with Crippen molar-refractivity contribution in [2.45, 2.75) is 24.7 Å². The first kappa shape index (κ1) is 25.1. The number of aliphatic hydroxyl groups excluding tert-OH is 2. The molecule has 38 heavy (non-hydrogen) atoms. The van der Waals surface area contributed by atoms with Crippen LogP contribution in [0.3, 0.4) is 0 Å². The molecule has 1 fully saturated rings. The summed E-state index contributed by atoms with van der Waals surface area (Å²) in [6, 6.07) is 26.4. The fraction of sp³-hybridized carbons (Fsp3) is 0.172. The molecule has 0 radical (unpaired) electrons. The minimum Gasteiger partial charge on any atom is -0.394 e. The van der Waals surface area contributed by atoms with Crippen molar-refractivity contribution in [1.82, 2.24) is 0 Å². The van der Waals surface area contributed by atoms with E-state index in [9.17, 15) is 10.2 Å². The Morgan fingerprint density at radius 2 is 1.05 bits per heavy atom. The molecule has 0 saturated carbocycles. The number of ether oxygens (including phenoxy) is 1. The minimum absolute atomic E-state index is 0.146. The Morgan fingerprint density at radius 1 is 0.605 bits per heavy atom. The smallest absolute Gasteiger partial charge is 0.107 e. The molecule has 0 spiro atoms. The number of aliphatic hydroxyl groups is 2. The molecule has 7 heterocycles. The summed E-state index contributed by atoms with van der Waals surface area (Å²) >= 11 is 10.9. The van der Waals surface area contributed by atoms with Crippen LogP contribution in [0.5, 0.6) is 0 Å². The zero-order valence-corrected chi connectivity index (χ0v) is 24.8. The topological polar surface area (TPSA) is 49.7 Å². The first-order valence-electron chi connectivity index (χ1n) is 12.1. The number of hydrogen-bond acceptors (Lipinski definition) is 9. The number of thiophene rings is 6. The third-order valence-electron chi connectivity index (χ3n) is 6.51. The summed E-state index contributed by atoms with van der Waals surface area (Å²) in [5.41, 5.74) is 0. The van der Waals surface area contributed by atoms with Crippen molar-refractivity contribution >= 4 is 68.0 Å². The van der Waals surface area contributed by atoms with Crippen LogP contribution in [0.4, 0.5) is 0 Å². The quantitative estimate of drug-likeness (QED) is 0.189. The highest BCUT2D eigenvalue weighted by atomic mass is 32.1. The normalized spacial score (nSPS) is 19.5. The predicted molar refractivity (Wildman–Crippen MR) is 166 cm³/mol. The van der Waals surface area contributed by atoms with Gasteiger partial charge in [-0.25, -0.2) is 0 Å². The summed E-state index contributed by atoms with van der Waals surface area (Å²) in [6.45, 7) is -0.148. The van der Waals surface area contributed by atoms with Gasteiger partial charge in [0, 0.05) is 60.1 Å². The van der Waals surface area contributed by atoms with Crippen LogP contribution in [0, 0.1) is 0 Å². The third kappa shape index (κ3) is 4.81. The van der Waals surface area contributed by atoms with Gasteiger partial charge in [-0.15, -0.1) is 68.0 Å². The molecule has 1 aliphatic heterocycles. The maximum absolute atomic E-state index is 10.1. The lowest BCUT2D eigenvalue weighted by Crippen LogP contribution is -2.24. The molecular weight excluding hydrogens is 589 g/mol. The molecule has 3 atom stereocenters. The number of hydrogen-bond donors (Lipinski definition) is 2. The molecule has 6 aromatic heterocycles. The van der Waals surface area contributed by atoms with Crippen molar-refractivity contribution in [2.24, 2.45) is 0 Å². The Hall–Kier alpha value is -1.92. The predicted octanol–water partition coefficient (Wildman–Crippen LogP) is 9.57. The van der Waals surface area contributed by atoms with Crippen molar-refractivity contribution in [1.29, 1.82) is 0 Å². The van der Waals surface area contributed by atoms with Gasteiger partial charge in [-0.1, -0.05) is 6.07 Å². The van der Waals surface area contributed by atoms with Gasteiger partial charge in [-0.05, 0) is 72.1 Å². The second kappa shape index (κ2) is 10.6. The molecule has 0 amide bonds. The maximum Gasteiger partial charge on any atom is 0.107 e. The lowest BCUT2D eigenvalue weighted by atomic mass is 10.1. The Kier molecular flexibility index (Phi) is 6.98. The van der Waals surface area contributed by atoms with Gasteiger partial charge in [0.2, 0.25) is 0 Å². The van der Waals surface area contributed by atoms with Gasteiger partial charge in [0.05, 0.1) is 18.8 Å². The van der Waals surface area contributed by atoms with E-state index in [0.717, 1.165) is 4.88 Å². The zero-order chi connectivity index (χ0) is 25.6. The van der Waals surface area contributed by atoms with Gasteiger partial charge < -0.3 is 14.9 Å². The summed E-state index contributed by atoms with van der Waals surface area (Å²) in [7, 11) is 0. The van der Waals surface area contributed by atoms with Crippen molar-refractivity contribution in [3.63, 3.8) is 0 Å². The van der Waals surface area contributed by atoms with Gasteiger partial charge in [0.25, 0.3) is 0 Å². The van der Waals surface area contributed by atoms with Crippen molar-refractivity contribution in [2.75, 3.05) is 6.61 Å². The fourth-order valence-corrected chi connectivity index (χ4v) is 10.8. The molecule has 3 nitrogen and oxygen atoms in total. The maximum atomic E-state index is 10.1. The standard InChI is InChI=1S/C29H22O3S6/c30-15-18-16(31)14-17(32-18)19-3-4-22(34-19)23-7-8-26(36-23)27-11-12-29(38-27)28-10-9-25(37-28)24-6-5-21(35-24)20-2-1-13-33-20/h1-13,16-18,30-31H,14-15H2/t16-,17+,18-/m1/s1. The molecule has 1 saturated heterocycles. The van der Waals surface area contributed by atoms with Gasteiger partial charge in [-0.3, -0.25) is 0 Å². The van der Waals surface area contributed by atoms with E-state index >= 15 is 0 Å². The minimum atomic E-state index is -0.606. The Balaban J connectivity index is 1.07. The Labute approximate surface area is 244 Å². The van der Waals surface area contributed by atoms with Gasteiger partial charge in [0.1, 0.15) is 6.10 Å². The summed E-state index contributed by atoms with van der Waals surface area (Å²) in [4.78, 5) is 14.0. The largest absolute Gasteiger partial charge is 0.394 e. The average molecular weight is 611 g/mol. The van der Waals surface area contributed by atoms with E-state index in [1.165, 1.54) is 48.8 Å². The SMILES string of the molecule is OC[C@H]1O[C@H](c2ccc(-c3ccc(-c4ccc(-c5ccc(-c6ccc(-c7cccs7)s6)s5)s4)s3)s2)C[C@H]1O. The molecule has 6 aromatic rings. The third-order valence-corrected chi connectivity index (χ3v) is 13.9. The van der Waals surface area contributed by atoms with E-state index < -0.39 is 12.2 Å². The fourth-order valence-electron chi connectivity index (χ4n) is 4.56. The molecule has 0 unspecified atom stereocenters. The van der Waals surface area contributed by atoms with Crippen LogP contribution in [0.1, 0.15) is 17.4 Å². The second-order valence-corrected chi connectivity index (χ2v) is 15.4. The van der Waals surface area contributed by atoms with Crippen LogP contribution in [0.15, 0.2) is 78.2 Å². The van der Waals surface area contributed by atoms with E-state index in [1.54, 1.807) is 22.7 Å². The van der Waals surface area contributed by atoms with Crippen LogP contribution in [-0.2, 0) is 4.74 Å². The van der Waals surface area contributed by atoms with Crippen molar-refractivity contribution in [3.05, 3.63) is 83.1 Å². The Bertz CT molecular complexity index is 1660. The molecule has 0 aromatic carbocycles. The monoisotopic (exact) mass is 610 g/mol. The van der Waals surface area contributed by atoms with Crippen LogP contribution in [0.25, 0.3) is 48.8 Å². The van der Waals surface area contributed by atoms with Gasteiger partial charge in [-0.2, -0.15) is 0 Å². The highest BCUT2D eigenvalue weighted by molar-refractivity contribution is 7.30. The highest BCUT2D eigenvalue weighted by Crippen LogP contribution is 2.46. The summed E-state index contributed by atoms with van der Waals surface area (Å²) in [6.07, 6.45) is -0.705. The van der Waals surface area contributed by atoms with Crippen LogP contribution < -0.4 is 0 Å².